The Morgan fingerprint density at radius 3 is 2.75 bits per heavy atom. The van der Waals surface area contributed by atoms with Crippen molar-refractivity contribution in [1.29, 1.82) is 0 Å². The highest BCUT2D eigenvalue weighted by atomic mass is 16.5. The minimum atomic E-state index is -0.728. The van der Waals surface area contributed by atoms with Crippen LogP contribution in [0.1, 0.15) is 6.42 Å². The van der Waals surface area contributed by atoms with Crippen molar-refractivity contribution in [3.8, 4) is 0 Å². The van der Waals surface area contributed by atoms with Crippen molar-refractivity contribution in [3.63, 3.8) is 0 Å². The van der Waals surface area contributed by atoms with E-state index in [4.69, 9.17) is 10.5 Å². The fraction of sp³-hybridized carbons (Fsp3) is 0.857. The summed E-state index contributed by atoms with van der Waals surface area (Å²) in [6, 6.07) is 0. The van der Waals surface area contributed by atoms with Gasteiger partial charge in [-0.05, 0) is 13.0 Å². The molecule has 0 heterocycles. The molecule has 0 unspecified atom stereocenters. The second kappa shape index (κ2) is 8.29. The van der Waals surface area contributed by atoms with E-state index in [1.54, 1.807) is 7.11 Å². The van der Waals surface area contributed by atoms with Crippen molar-refractivity contribution in [2.45, 2.75) is 6.42 Å². The second-order valence-electron chi connectivity index (χ2n) is 2.26. The topological polar surface area (TPSA) is 73.6 Å². The summed E-state index contributed by atoms with van der Waals surface area (Å²) in [7, 11) is 1.66. The van der Waals surface area contributed by atoms with Gasteiger partial charge in [-0.15, -0.1) is 0 Å². The van der Waals surface area contributed by atoms with Gasteiger partial charge in [0, 0.05) is 20.3 Å². The summed E-state index contributed by atoms with van der Waals surface area (Å²) in [6.45, 7) is 2.55. The molecule has 5 heteroatoms. The number of amides is 1. The van der Waals surface area contributed by atoms with E-state index in [9.17, 15) is 4.79 Å². The Hall–Kier alpha value is -0.810. The first-order chi connectivity index (χ1) is 5.77. The van der Waals surface area contributed by atoms with Crippen molar-refractivity contribution in [3.05, 3.63) is 0 Å². The highest BCUT2D eigenvalue weighted by molar-refractivity contribution is 5.64. The minimum absolute atomic E-state index is 0.322. The van der Waals surface area contributed by atoms with Crippen LogP contribution in [0.3, 0.4) is 0 Å². The normalized spacial score (nSPS) is 9.75. The number of hydrogen-bond acceptors (Lipinski definition) is 4. The van der Waals surface area contributed by atoms with Crippen molar-refractivity contribution >= 4 is 6.09 Å². The van der Waals surface area contributed by atoms with Gasteiger partial charge in [0.15, 0.2) is 0 Å². The highest BCUT2D eigenvalue weighted by Gasteiger charge is 1.91. The van der Waals surface area contributed by atoms with E-state index in [0.717, 1.165) is 19.6 Å². The maximum Gasteiger partial charge on any atom is 0.404 e. The predicted octanol–water partition coefficient (Wildman–Crippen LogP) is -0.292. The molecule has 0 spiro atoms. The Kier molecular flexibility index (Phi) is 7.73. The lowest BCUT2D eigenvalue weighted by Gasteiger charge is -2.03. The first-order valence-corrected chi connectivity index (χ1v) is 3.89. The maximum absolute atomic E-state index is 10.1. The molecule has 0 rings (SSSR count). The van der Waals surface area contributed by atoms with Gasteiger partial charge in [-0.1, -0.05) is 0 Å². The molecule has 12 heavy (non-hydrogen) atoms. The molecule has 0 atom stereocenters. The van der Waals surface area contributed by atoms with Gasteiger partial charge in [0.1, 0.15) is 6.61 Å². The van der Waals surface area contributed by atoms with Crippen molar-refractivity contribution in [2.75, 3.05) is 33.4 Å². The van der Waals surface area contributed by atoms with E-state index in [2.05, 4.69) is 10.1 Å². The van der Waals surface area contributed by atoms with Gasteiger partial charge >= 0.3 is 6.09 Å². The van der Waals surface area contributed by atoms with E-state index in [0.29, 0.717) is 13.2 Å². The molecular formula is C7H16N2O3. The smallest absolute Gasteiger partial charge is 0.404 e. The van der Waals surface area contributed by atoms with Crippen LogP contribution in [0.25, 0.3) is 0 Å². The molecule has 0 fully saturated rings. The van der Waals surface area contributed by atoms with Crippen LogP contribution in [0.4, 0.5) is 4.79 Å². The van der Waals surface area contributed by atoms with Crippen LogP contribution in [0.5, 0.6) is 0 Å². The van der Waals surface area contributed by atoms with Crippen molar-refractivity contribution in [1.82, 2.24) is 5.32 Å². The number of methoxy groups -OCH3 is 1. The molecule has 0 aromatic rings. The number of nitrogens with one attached hydrogen (secondary N) is 1. The Balaban J connectivity index is 2.86. The van der Waals surface area contributed by atoms with Crippen LogP contribution in [-0.4, -0.2) is 39.5 Å². The van der Waals surface area contributed by atoms with Crippen LogP contribution >= 0.6 is 0 Å². The molecular weight excluding hydrogens is 160 g/mol. The lowest BCUT2D eigenvalue weighted by molar-refractivity contribution is 0.156. The number of rotatable bonds is 7. The molecule has 5 nitrogen and oxygen atoms in total. The van der Waals surface area contributed by atoms with Gasteiger partial charge in [0.05, 0.1) is 0 Å². The zero-order valence-electron chi connectivity index (χ0n) is 7.34. The van der Waals surface area contributed by atoms with Gasteiger partial charge < -0.3 is 20.5 Å². The lowest BCUT2D eigenvalue weighted by atomic mass is 10.4. The fourth-order valence-corrected chi connectivity index (χ4v) is 0.690. The molecule has 0 aromatic heterocycles. The first kappa shape index (κ1) is 11.2. The lowest BCUT2D eigenvalue weighted by Crippen LogP contribution is -2.24. The molecule has 0 aromatic carbocycles. The Labute approximate surface area is 72.2 Å². The van der Waals surface area contributed by atoms with Crippen LogP contribution in [0.15, 0.2) is 0 Å². The van der Waals surface area contributed by atoms with Crippen LogP contribution in [-0.2, 0) is 9.47 Å². The number of hydrogen-bond donors (Lipinski definition) is 2. The molecule has 0 bridgehead atoms. The highest BCUT2D eigenvalue weighted by Crippen LogP contribution is 1.77. The largest absolute Gasteiger partial charge is 0.448 e. The Morgan fingerprint density at radius 1 is 1.42 bits per heavy atom. The molecule has 0 aliphatic heterocycles. The van der Waals surface area contributed by atoms with E-state index in [1.807, 2.05) is 0 Å². The van der Waals surface area contributed by atoms with E-state index in [1.165, 1.54) is 0 Å². The fourth-order valence-electron chi connectivity index (χ4n) is 0.690. The zero-order valence-corrected chi connectivity index (χ0v) is 7.34. The number of ether oxygens (including phenoxy) is 2. The zero-order chi connectivity index (χ0) is 9.23. The molecule has 0 aliphatic carbocycles. The Morgan fingerprint density at radius 2 is 2.17 bits per heavy atom. The standard InChI is InChI=1S/C7H16N2O3/c1-11-5-2-3-9-4-6-12-7(8)10/h9H,2-6H2,1H3,(H2,8,10). The van der Waals surface area contributed by atoms with E-state index >= 15 is 0 Å². The van der Waals surface area contributed by atoms with Crippen LogP contribution < -0.4 is 11.1 Å². The van der Waals surface area contributed by atoms with Gasteiger partial charge in [-0.2, -0.15) is 0 Å². The van der Waals surface area contributed by atoms with E-state index < -0.39 is 6.09 Å². The van der Waals surface area contributed by atoms with E-state index in [-0.39, 0.29) is 0 Å². The third-order valence-corrected chi connectivity index (χ3v) is 1.23. The summed E-state index contributed by atoms with van der Waals surface area (Å²) >= 11 is 0. The summed E-state index contributed by atoms with van der Waals surface area (Å²) in [5.41, 5.74) is 4.75. The number of carbonyl (C=O) groups excluding carboxylic acids is 1. The number of nitrogens with two attached hydrogens (primary N) is 1. The van der Waals surface area contributed by atoms with Gasteiger partial charge in [0.25, 0.3) is 0 Å². The molecule has 3 N–H and O–H groups in total. The molecule has 72 valence electrons. The summed E-state index contributed by atoms with van der Waals surface area (Å²) in [4.78, 5) is 10.1. The van der Waals surface area contributed by atoms with Gasteiger partial charge in [0.2, 0.25) is 0 Å². The summed E-state index contributed by atoms with van der Waals surface area (Å²) in [5.74, 6) is 0. The summed E-state index contributed by atoms with van der Waals surface area (Å²) in [5, 5.41) is 3.06. The second-order valence-corrected chi connectivity index (χ2v) is 2.26. The Bertz CT molecular complexity index is 119. The monoisotopic (exact) mass is 176 g/mol. The SMILES string of the molecule is COCCCNCCOC(N)=O. The molecule has 0 saturated carbocycles. The third-order valence-electron chi connectivity index (χ3n) is 1.23. The maximum atomic E-state index is 10.1. The van der Waals surface area contributed by atoms with Crippen molar-refractivity contribution < 1.29 is 14.3 Å². The average molecular weight is 176 g/mol. The molecule has 0 aliphatic rings. The molecule has 0 saturated heterocycles. The quantitative estimate of drug-likeness (QED) is 0.523. The van der Waals surface area contributed by atoms with Crippen LogP contribution in [0, 0.1) is 0 Å². The van der Waals surface area contributed by atoms with Crippen molar-refractivity contribution in [2.24, 2.45) is 5.73 Å². The number of primary amides is 1. The van der Waals surface area contributed by atoms with Gasteiger partial charge in [-0.3, -0.25) is 0 Å². The minimum Gasteiger partial charge on any atom is -0.448 e. The first-order valence-electron chi connectivity index (χ1n) is 3.89. The third kappa shape index (κ3) is 9.19. The molecule has 0 radical (unpaired) electrons. The predicted molar refractivity (Wildman–Crippen MR) is 44.9 cm³/mol. The molecule has 1 amide bonds. The van der Waals surface area contributed by atoms with Gasteiger partial charge in [-0.25, -0.2) is 4.79 Å². The summed E-state index contributed by atoms with van der Waals surface area (Å²) < 4.78 is 9.33. The number of carbonyl (C=O) groups is 1. The summed E-state index contributed by atoms with van der Waals surface area (Å²) in [6.07, 6.45) is 0.223. The average Bonchev–Trinajstić information content (AvgIpc) is 2.02. The van der Waals surface area contributed by atoms with Crippen LogP contribution in [0.2, 0.25) is 0 Å².